The van der Waals surface area contributed by atoms with Crippen molar-refractivity contribution in [2.75, 3.05) is 13.2 Å². The molecule has 0 atom stereocenters. The molecule has 0 fully saturated rings. The van der Waals surface area contributed by atoms with Crippen LogP contribution < -0.4 is 9.47 Å². The summed E-state index contributed by atoms with van der Waals surface area (Å²) in [6.07, 6.45) is 4.23. The average molecular weight is 556 g/mol. The van der Waals surface area contributed by atoms with Crippen LogP contribution in [0.3, 0.4) is 0 Å². The highest BCUT2D eigenvalue weighted by Crippen LogP contribution is 2.49. The van der Waals surface area contributed by atoms with Crippen molar-refractivity contribution in [1.82, 2.24) is 0 Å². The highest BCUT2D eigenvalue weighted by atomic mass is 79.9. The predicted molar refractivity (Wildman–Crippen MR) is 143 cm³/mol. The third-order valence-electron chi connectivity index (χ3n) is 5.68. The summed E-state index contributed by atoms with van der Waals surface area (Å²) in [6, 6.07) is 21.2. The number of fused-ring (bicyclic) bond motifs is 2. The van der Waals surface area contributed by atoms with Crippen LogP contribution in [0.4, 0.5) is 0 Å². The molecule has 0 N–H and O–H groups in total. The summed E-state index contributed by atoms with van der Waals surface area (Å²) >= 11 is 7.55. The van der Waals surface area contributed by atoms with Crippen molar-refractivity contribution in [3.63, 3.8) is 0 Å². The smallest absolute Gasteiger partial charge is 0.129 e. The van der Waals surface area contributed by atoms with Gasteiger partial charge in [0, 0.05) is 20.1 Å². The SMILES string of the molecule is CCCCOc1cc(Br)c2ccccc2c1-c1c(OCCCC)cc(Br)c2ccccc12. The first-order valence-electron chi connectivity index (χ1n) is 11.3. The second kappa shape index (κ2) is 10.7. The fourth-order valence-electron chi connectivity index (χ4n) is 4.01. The van der Waals surface area contributed by atoms with Crippen molar-refractivity contribution < 1.29 is 9.47 Å². The molecule has 32 heavy (non-hydrogen) atoms. The van der Waals surface area contributed by atoms with E-state index in [1.54, 1.807) is 0 Å². The van der Waals surface area contributed by atoms with Crippen molar-refractivity contribution >= 4 is 53.4 Å². The minimum atomic E-state index is 0.689. The van der Waals surface area contributed by atoms with Gasteiger partial charge in [-0.25, -0.2) is 0 Å². The Morgan fingerprint density at radius 2 is 0.969 bits per heavy atom. The maximum Gasteiger partial charge on any atom is 0.129 e. The molecular weight excluding hydrogens is 528 g/mol. The molecule has 4 rings (SSSR count). The van der Waals surface area contributed by atoms with Gasteiger partial charge in [0.15, 0.2) is 0 Å². The van der Waals surface area contributed by atoms with E-state index in [1.807, 2.05) is 0 Å². The van der Waals surface area contributed by atoms with Crippen LogP contribution in [0.15, 0.2) is 69.6 Å². The highest BCUT2D eigenvalue weighted by molar-refractivity contribution is 9.11. The minimum Gasteiger partial charge on any atom is -0.493 e. The van der Waals surface area contributed by atoms with E-state index in [1.165, 1.54) is 0 Å². The van der Waals surface area contributed by atoms with Gasteiger partial charge in [0.05, 0.1) is 13.2 Å². The van der Waals surface area contributed by atoms with Crippen LogP contribution in [0, 0.1) is 0 Å². The van der Waals surface area contributed by atoms with E-state index < -0.39 is 0 Å². The Morgan fingerprint density at radius 3 is 1.34 bits per heavy atom. The fraction of sp³-hybridized carbons (Fsp3) is 0.286. The normalized spacial score (nSPS) is 11.2. The lowest BCUT2D eigenvalue weighted by Gasteiger charge is -2.21. The molecule has 166 valence electrons. The maximum absolute atomic E-state index is 6.38. The Bertz CT molecular complexity index is 1140. The van der Waals surface area contributed by atoms with Gasteiger partial charge in [-0.1, -0.05) is 107 Å². The molecule has 0 aliphatic heterocycles. The third kappa shape index (κ3) is 4.67. The number of hydrogen-bond acceptors (Lipinski definition) is 2. The van der Waals surface area contributed by atoms with Gasteiger partial charge in [-0.2, -0.15) is 0 Å². The zero-order valence-corrected chi connectivity index (χ0v) is 21.8. The molecule has 0 heterocycles. The molecule has 4 aromatic rings. The van der Waals surface area contributed by atoms with Crippen LogP contribution in [0.1, 0.15) is 39.5 Å². The van der Waals surface area contributed by atoms with Gasteiger partial charge in [-0.15, -0.1) is 0 Å². The summed E-state index contributed by atoms with van der Waals surface area (Å²) in [4.78, 5) is 0. The molecule has 0 aliphatic carbocycles. The topological polar surface area (TPSA) is 18.5 Å². The molecule has 4 heteroatoms. The quantitative estimate of drug-likeness (QED) is 0.191. The second-order valence-electron chi connectivity index (χ2n) is 7.96. The molecule has 0 radical (unpaired) electrons. The van der Waals surface area contributed by atoms with E-state index in [-0.39, 0.29) is 0 Å². The Morgan fingerprint density at radius 1 is 0.594 bits per heavy atom. The molecule has 0 aliphatic rings. The Kier molecular flexibility index (Phi) is 7.75. The zero-order valence-electron chi connectivity index (χ0n) is 18.6. The lowest BCUT2D eigenvalue weighted by atomic mass is 9.92. The molecule has 0 saturated carbocycles. The van der Waals surface area contributed by atoms with E-state index in [0.29, 0.717) is 13.2 Å². The van der Waals surface area contributed by atoms with Gasteiger partial charge in [-0.3, -0.25) is 0 Å². The molecule has 0 spiro atoms. The second-order valence-corrected chi connectivity index (χ2v) is 9.67. The molecular formula is C28H28Br2O2. The molecule has 0 saturated heterocycles. The predicted octanol–water partition coefficient (Wildman–Crippen LogP) is 9.54. The maximum atomic E-state index is 6.38. The first-order valence-corrected chi connectivity index (χ1v) is 12.9. The van der Waals surface area contributed by atoms with E-state index in [2.05, 4.69) is 106 Å². The first kappa shape index (κ1) is 23.1. The van der Waals surface area contributed by atoms with E-state index in [9.17, 15) is 0 Å². The lowest BCUT2D eigenvalue weighted by molar-refractivity contribution is 0.306. The van der Waals surface area contributed by atoms with Gasteiger partial charge in [0.2, 0.25) is 0 Å². The minimum absolute atomic E-state index is 0.689. The number of ether oxygens (including phenoxy) is 2. The molecule has 0 bridgehead atoms. The van der Waals surface area contributed by atoms with Crippen molar-refractivity contribution in [2.45, 2.75) is 39.5 Å². The standard InChI is InChI=1S/C28H28Br2O2/c1-3-5-15-31-25-17-23(29)19-11-7-9-13-21(19)27(25)28-22-14-10-8-12-20(22)24(30)18-26(28)32-16-6-4-2/h7-14,17-18H,3-6,15-16H2,1-2H3. The Balaban J connectivity index is 2.05. The van der Waals surface area contributed by atoms with E-state index >= 15 is 0 Å². The van der Waals surface area contributed by atoms with Crippen LogP contribution in [0.2, 0.25) is 0 Å². The van der Waals surface area contributed by atoms with Gasteiger partial charge in [0.1, 0.15) is 11.5 Å². The highest BCUT2D eigenvalue weighted by Gasteiger charge is 2.21. The van der Waals surface area contributed by atoms with Gasteiger partial charge >= 0.3 is 0 Å². The summed E-state index contributed by atoms with van der Waals surface area (Å²) in [7, 11) is 0. The van der Waals surface area contributed by atoms with Crippen LogP contribution in [-0.4, -0.2) is 13.2 Å². The van der Waals surface area contributed by atoms with E-state index in [0.717, 1.165) is 78.8 Å². The molecule has 2 nitrogen and oxygen atoms in total. The number of hydrogen-bond donors (Lipinski definition) is 0. The van der Waals surface area contributed by atoms with Crippen molar-refractivity contribution in [1.29, 1.82) is 0 Å². The van der Waals surface area contributed by atoms with E-state index in [4.69, 9.17) is 9.47 Å². The monoisotopic (exact) mass is 554 g/mol. The Labute approximate surface area is 207 Å². The first-order chi connectivity index (χ1) is 15.7. The fourth-order valence-corrected chi connectivity index (χ4v) is 5.12. The van der Waals surface area contributed by atoms with Gasteiger partial charge < -0.3 is 9.47 Å². The Hall–Kier alpha value is -2.04. The summed E-state index contributed by atoms with van der Waals surface area (Å²) in [5, 5.41) is 4.64. The summed E-state index contributed by atoms with van der Waals surface area (Å²) in [6.45, 7) is 5.74. The molecule has 0 unspecified atom stereocenters. The van der Waals surface area contributed by atoms with Crippen molar-refractivity contribution in [3.8, 4) is 22.6 Å². The summed E-state index contributed by atoms with van der Waals surface area (Å²) < 4.78 is 14.8. The van der Waals surface area contributed by atoms with Crippen LogP contribution in [-0.2, 0) is 0 Å². The summed E-state index contributed by atoms with van der Waals surface area (Å²) in [5.74, 6) is 1.77. The number of rotatable bonds is 9. The average Bonchev–Trinajstić information content (AvgIpc) is 2.81. The van der Waals surface area contributed by atoms with Crippen molar-refractivity contribution in [3.05, 3.63) is 69.6 Å². The third-order valence-corrected chi connectivity index (χ3v) is 6.99. The van der Waals surface area contributed by atoms with Gasteiger partial charge in [0.25, 0.3) is 0 Å². The number of benzene rings is 4. The van der Waals surface area contributed by atoms with Gasteiger partial charge in [-0.05, 0) is 46.5 Å². The van der Waals surface area contributed by atoms with Crippen LogP contribution in [0.5, 0.6) is 11.5 Å². The number of unbranched alkanes of at least 4 members (excludes halogenated alkanes) is 2. The van der Waals surface area contributed by atoms with Crippen molar-refractivity contribution in [2.24, 2.45) is 0 Å². The van der Waals surface area contributed by atoms with Crippen LogP contribution in [0.25, 0.3) is 32.7 Å². The zero-order chi connectivity index (χ0) is 22.5. The molecule has 0 aromatic heterocycles. The lowest BCUT2D eigenvalue weighted by Crippen LogP contribution is -2.02. The summed E-state index contributed by atoms with van der Waals surface area (Å²) in [5.41, 5.74) is 2.19. The molecule has 0 amide bonds. The molecule has 4 aromatic carbocycles. The van der Waals surface area contributed by atoms with Crippen LogP contribution >= 0.6 is 31.9 Å². The number of halogens is 2. The largest absolute Gasteiger partial charge is 0.493 e.